The molecule has 0 saturated heterocycles. The van der Waals surface area contributed by atoms with Gasteiger partial charge in [-0.05, 0) is 37.5 Å². The van der Waals surface area contributed by atoms with Gasteiger partial charge in [0.15, 0.2) is 0 Å². The number of nitrogens with two attached hydrogens (primary N) is 1. The molecule has 2 rings (SSSR count). The molecule has 0 aliphatic rings. The predicted molar refractivity (Wildman–Crippen MR) is 70.3 cm³/mol. The first-order valence-corrected chi connectivity index (χ1v) is 6.13. The number of hydrogen-bond acceptors (Lipinski definition) is 2. The van der Waals surface area contributed by atoms with Crippen LogP contribution in [0.3, 0.4) is 0 Å². The maximum atomic E-state index is 14.0. The topological polar surface area (TPSA) is 43.8 Å². The summed E-state index contributed by atoms with van der Waals surface area (Å²) in [5.74, 6) is -0.286. The van der Waals surface area contributed by atoms with Gasteiger partial charge in [0.05, 0.1) is 5.69 Å². The number of aryl methyl sites for hydroxylation is 1. The first-order chi connectivity index (χ1) is 8.60. The fraction of sp³-hybridized carbons (Fsp3) is 0.357. The summed E-state index contributed by atoms with van der Waals surface area (Å²) in [5.41, 5.74) is 10.0. The van der Waals surface area contributed by atoms with E-state index in [0.717, 1.165) is 23.4 Å². The zero-order valence-electron chi connectivity index (χ0n) is 11.0. The average molecular weight is 247 g/mol. The average Bonchev–Trinajstić information content (AvgIpc) is 2.63. The van der Waals surface area contributed by atoms with Crippen LogP contribution >= 0.6 is 0 Å². The zero-order chi connectivity index (χ0) is 13.3. The summed E-state index contributed by atoms with van der Waals surface area (Å²) in [5, 5.41) is 4.44. The van der Waals surface area contributed by atoms with Crippen LogP contribution in [0, 0.1) is 19.7 Å². The Morgan fingerprint density at radius 3 is 2.61 bits per heavy atom. The second-order valence-electron chi connectivity index (χ2n) is 4.37. The Hall–Kier alpha value is -1.68. The lowest BCUT2D eigenvalue weighted by molar-refractivity contribution is 0.604. The summed E-state index contributed by atoms with van der Waals surface area (Å²) in [6.45, 7) is 6.29. The minimum absolute atomic E-state index is 0.286. The van der Waals surface area contributed by atoms with Gasteiger partial charge in [0, 0.05) is 12.2 Å². The molecule has 2 N–H and O–H groups in total. The molecule has 0 amide bonds. The van der Waals surface area contributed by atoms with E-state index in [1.807, 2.05) is 19.9 Å². The third-order valence-electron chi connectivity index (χ3n) is 3.30. The van der Waals surface area contributed by atoms with Crippen molar-refractivity contribution < 1.29 is 4.39 Å². The van der Waals surface area contributed by atoms with E-state index in [1.54, 1.807) is 10.7 Å². The minimum Gasteiger partial charge on any atom is -0.326 e. The van der Waals surface area contributed by atoms with E-state index in [9.17, 15) is 4.39 Å². The van der Waals surface area contributed by atoms with E-state index in [4.69, 9.17) is 5.73 Å². The van der Waals surface area contributed by atoms with Crippen molar-refractivity contribution in [1.29, 1.82) is 0 Å². The van der Waals surface area contributed by atoms with Crippen molar-refractivity contribution >= 4 is 0 Å². The fourth-order valence-corrected chi connectivity index (χ4v) is 2.37. The first-order valence-electron chi connectivity index (χ1n) is 6.13. The van der Waals surface area contributed by atoms with Gasteiger partial charge in [-0.3, -0.25) is 0 Å². The highest BCUT2D eigenvalue weighted by atomic mass is 19.1. The molecule has 0 aliphatic carbocycles. The van der Waals surface area contributed by atoms with E-state index in [2.05, 4.69) is 12.0 Å². The summed E-state index contributed by atoms with van der Waals surface area (Å²) in [4.78, 5) is 0. The van der Waals surface area contributed by atoms with Crippen LogP contribution < -0.4 is 5.73 Å². The molecule has 1 aromatic heterocycles. The molecule has 0 fully saturated rings. The largest absolute Gasteiger partial charge is 0.326 e. The molecule has 1 aromatic carbocycles. The molecule has 0 spiro atoms. The lowest BCUT2D eigenvalue weighted by Gasteiger charge is -2.11. The Labute approximate surface area is 106 Å². The van der Waals surface area contributed by atoms with Gasteiger partial charge in [-0.2, -0.15) is 5.10 Å². The van der Waals surface area contributed by atoms with Gasteiger partial charge in [-0.1, -0.05) is 19.1 Å². The van der Waals surface area contributed by atoms with E-state index >= 15 is 0 Å². The molecule has 2 aromatic rings. The van der Waals surface area contributed by atoms with Gasteiger partial charge < -0.3 is 5.73 Å². The van der Waals surface area contributed by atoms with Gasteiger partial charge in [-0.25, -0.2) is 9.07 Å². The van der Waals surface area contributed by atoms with Crippen LogP contribution in [0.25, 0.3) is 5.69 Å². The van der Waals surface area contributed by atoms with E-state index in [1.165, 1.54) is 11.6 Å². The standard InChI is InChI=1S/C14H18FN3/c1-4-12-9(2)17-18(10(12)3)14-11(8-16)6-5-7-13(14)15/h5-7H,4,8,16H2,1-3H3. The number of halogens is 1. The summed E-state index contributed by atoms with van der Waals surface area (Å²) in [7, 11) is 0. The number of aromatic nitrogens is 2. The Bertz CT molecular complexity index is 573. The number of para-hydroxylation sites is 1. The summed E-state index contributed by atoms with van der Waals surface area (Å²) < 4.78 is 15.7. The molecular formula is C14H18FN3. The van der Waals surface area contributed by atoms with E-state index in [-0.39, 0.29) is 5.82 Å². The summed E-state index contributed by atoms with van der Waals surface area (Å²) >= 11 is 0. The third kappa shape index (κ3) is 1.93. The molecule has 0 aliphatic heterocycles. The molecule has 0 atom stereocenters. The van der Waals surface area contributed by atoms with Crippen molar-refractivity contribution in [2.24, 2.45) is 5.73 Å². The minimum atomic E-state index is -0.286. The molecule has 0 radical (unpaired) electrons. The van der Waals surface area contributed by atoms with Gasteiger partial charge in [0.25, 0.3) is 0 Å². The molecule has 18 heavy (non-hydrogen) atoms. The van der Waals surface area contributed by atoms with Crippen LogP contribution in [-0.2, 0) is 13.0 Å². The summed E-state index contributed by atoms with van der Waals surface area (Å²) in [6, 6.07) is 4.95. The van der Waals surface area contributed by atoms with Crippen molar-refractivity contribution in [3.05, 3.63) is 46.5 Å². The number of rotatable bonds is 3. The van der Waals surface area contributed by atoms with Gasteiger partial charge in [-0.15, -0.1) is 0 Å². The van der Waals surface area contributed by atoms with Crippen molar-refractivity contribution in [2.45, 2.75) is 33.7 Å². The maximum absolute atomic E-state index is 14.0. The van der Waals surface area contributed by atoms with E-state index < -0.39 is 0 Å². The van der Waals surface area contributed by atoms with Crippen LogP contribution in [0.5, 0.6) is 0 Å². The SMILES string of the molecule is CCc1c(C)nn(-c2c(F)cccc2CN)c1C. The molecule has 4 heteroatoms. The third-order valence-corrected chi connectivity index (χ3v) is 3.30. The van der Waals surface area contributed by atoms with Crippen molar-refractivity contribution in [1.82, 2.24) is 9.78 Å². The van der Waals surface area contributed by atoms with Crippen molar-refractivity contribution in [3.8, 4) is 5.69 Å². The monoisotopic (exact) mass is 247 g/mol. The Balaban J connectivity index is 2.69. The number of hydrogen-bond donors (Lipinski definition) is 1. The van der Waals surface area contributed by atoms with Crippen LogP contribution in [0.15, 0.2) is 18.2 Å². The molecular weight excluding hydrogens is 229 g/mol. The molecule has 96 valence electrons. The van der Waals surface area contributed by atoms with Crippen LogP contribution in [-0.4, -0.2) is 9.78 Å². The molecule has 0 unspecified atom stereocenters. The van der Waals surface area contributed by atoms with Gasteiger partial charge >= 0.3 is 0 Å². The smallest absolute Gasteiger partial charge is 0.149 e. The van der Waals surface area contributed by atoms with Crippen LogP contribution in [0.2, 0.25) is 0 Å². The Morgan fingerprint density at radius 1 is 1.33 bits per heavy atom. The van der Waals surface area contributed by atoms with Crippen LogP contribution in [0.1, 0.15) is 29.4 Å². The Morgan fingerprint density at radius 2 is 2.06 bits per heavy atom. The molecule has 0 bridgehead atoms. The zero-order valence-corrected chi connectivity index (χ0v) is 11.0. The molecule has 3 nitrogen and oxygen atoms in total. The van der Waals surface area contributed by atoms with E-state index in [0.29, 0.717) is 12.2 Å². The normalized spacial score (nSPS) is 10.9. The quantitative estimate of drug-likeness (QED) is 0.906. The Kier molecular flexibility index (Phi) is 3.48. The van der Waals surface area contributed by atoms with Gasteiger partial charge in [0.2, 0.25) is 0 Å². The molecule has 1 heterocycles. The maximum Gasteiger partial charge on any atom is 0.149 e. The first kappa shape index (κ1) is 12.8. The number of benzene rings is 1. The fourth-order valence-electron chi connectivity index (χ4n) is 2.37. The van der Waals surface area contributed by atoms with Crippen LogP contribution in [0.4, 0.5) is 4.39 Å². The highest BCUT2D eigenvalue weighted by Gasteiger charge is 2.16. The van der Waals surface area contributed by atoms with Gasteiger partial charge in [0.1, 0.15) is 11.5 Å². The lowest BCUT2D eigenvalue weighted by Crippen LogP contribution is -2.09. The second kappa shape index (κ2) is 4.90. The molecule has 0 saturated carbocycles. The van der Waals surface area contributed by atoms with Crippen molar-refractivity contribution in [2.75, 3.05) is 0 Å². The van der Waals surface area contributed by atoms with Crippen molar-refractivity contribution in [3.63, 3.8) is 0 Å². The predicted octanol–water partition coefficient (Wildman–Crippen LogP) is 2.65. The lowest BCUT2D eigenvalue weighted by atomic mass is 10.1. The highest BCUT2D eigenvalue weighted by Crippen LogP contribution is 2.23. The highest BCUT2D eigenvalue weighted by molar-refractivity contribution is 5.44. The second-order valence-corrected chi connectivity index (χ2v) is 4.37. The number of nitrogens with zero attached hydrogens (tertiary/aromatic N) is 2. The summed E-state index contributed by atoms with van der Waals surface area (Å²) in [6.07, 6.45) is 0.893.